The molecule has 1 heterocycles. The van der Waals surface area contributed by atoms with Crippen molar-refractivity contribution in [3.05, 3.63) is 29.8 Å². The van der Waals surface area contributed by atoms with Gasteiger partial charge in [0.25, 0.3) is 0 Å². The molecule has 102 valence electrons. The molecular weight excluding hydrogens is 241 g/mol. The highest BCUT2D eigenvalue weighted by Gasteiger charge is 2.28. The van der Waals surface area contributed by atoms with E-state index < -0.39 is 0 Å². The lowest BCUT2D eigenvalue weighted by Gasteiger charge is -2.12. The Morgan fingerprint density at radius 1 is 1.47 bits per heavy atom. The lowest BCUT2D eigenvalue weighted by molar-refractivity contribution is 0.511. The Labute approximate surface area is 112 Å². The fraction of sp³-hybridized carbons (Fsp3) is 0.533. The number of rotatable bonds is 5. The van der Waals surface area contributed by atoms with E-state index in [-0.39, 0.29) is 5.82 Å². The molecule has 19 heavy (non-hydrogen) atoms. The fourth-order valence-electron chi connectivity index (χ4n) is 2.39. The molecule has 0 aliphatic heterocycles. The summed E-state index contributed by atoms with van der Waals surface area (Å²) in [6, 6.07) is 5.85. The highest BCUT2D eigenvalue weighted by molar-refractivity contribution is 5.76. The van der Waals surface area contributed by atoms with Gasteiger partial charge in [-0.3, -0.25) is 0 Å². The van der Waals surface area contributed by atoms with Gasteiger partial charge < -0.3 is 9.88 Å². The number of aromatic nitrogens is 2. The van der Waals surface area contributed by atoms with Crippen LogP contribution in [0.25, 0.3) is 11.0 Å². The first-order valence-corrected chi connectivity index (χ1v) is 7.08. The minimum atomic E-state index is -0.185. The smallest absolute Gasteiger partial charge is 0.125 e. The summed E-state index contributed by atoms with van der Waals surface area (Å²) in [5, 5.41) is 3.47. The van der Waals surface area contributed by atoms with E-state index in [0.717, 1.165) is 29.8 Å². The normalized spacial score (nSPS) is 17.0. The maximum Gasteiger partial charge on any atom is 0.125 e. The van der Waals surface area contributed by atoms with Crippen molar-refractivity contribution in [2.75, 3.05) is 0 Å². The Morgan fingerprint density at radius 2 is 2.26 bits per heavy atom. The zero-order valence-electron chi connectivity index (χ0n) is 11.5. The Bertz CT molecular complexity index is 586. The fourth-order valence-corrected chi connectivity index (χ4v) is 2.39. The van der Waals surface area contributed by atoms with Gasteiger partial charge in [0.1, 0.15) is 11.6 Å². The second-order valence-electron chi connectivity index (χ2n) is 5.45. The Balaban J connectivity index is 1.96. The van der Waals surface area contributed by atoms with Gasteiger partial charge in [0.05, 0.1) is 17.6 Å². The van der Waals surface area contributed by atoms with Crippen molar-refractivity contribution >= 4 is 11.0 Å². The molecule has 1 aromatic carbocycles. The van der Waals surface area contributed by atoms with Gasteiger partial charge in [-0.2, -0.15) is 0 Å². The maximum atomic E-state index is 13.4. The van der Waals surface area contributed by atoms with E-state index in [1.54, 1.807) is 12.1 Å². The lowest BCUT2D eigenvalue weighted by atomic mass is 10.2. The lowest BCUT2D eigenvalue weighted by Crippen LogP contribution is -2.26. The first kappa shape index (κ1) is 12.6. The predicted molar refractivity (Wildman–Crippen MR) is 74.6 cm³/mol. The third-order valence-corrected chi connectivity index (χ3v) is 3.86. The monoisotopic (exact) mass is 261 g/mol. The van der Waals surface area contributed by atoms with E-state index in [4.69, 9.17) is 0 Å². The van der Waals surface area contributed by atoms with E-state index in [1.165, 1.54) is 18.9 Å². The zero-order chi connectivity index (χ0) is 13.4. The molecule has 4 heteroatoms. The van der Waals surface area contributed by atoms with Crippen LogP contribution in [0.4, 0.5) is 4.39 Å². The molecule has 1 aliphatic rings. The van der Waals surface area contributed by atoms with Crippen LogP contribution in [-0.2, 0) is 6.54 Å². The minimum Gasteiger partial charge on any atom is -0.324 e. The third kappa shape index (κ3) is 2.50. The number of hydrogen-bond donors (Lipinski definition) is 1. The van der Waals surface area contributed by atoms with E-state index in [0.29, 0.717) is 12.1 Å². The number of halogens is 1. The highest BCUT2D eigenvalue weighted by Crippen LogP contribution is 2.38. The molecule has 3 rings (SSSR count). The van der Waals surface area contributed by atoms with Crippen LogP contribution in [0.2, 0.25) is 0 Å². The molecule has 0 saturated heterocycles. The number of nitrogens with zero attached hydrogens (tertiary/aromatic N) is 2. The molecule has 2 aromatic rings. The average Bonchev–Trinajstić information content (AvgIpc) is 3.17. The van der Waals surface area contributed by atoms with Crippen molar-refractivity contribution in [1.29, 1.82) is 0 Å². The number of imidazole rings is 1. The van der Waals surface area contributed by atoms with Crippen LogP contribution in [-0.4, -0.2) is 15.6 Å². The van der Waals surface area contributed by atoms with Gasteiger partial charge in [-0.1, -0.05) is 6.92 Å². The van der Waals surface area contributed by atoms with Crippen molar-refractivity contribution in [3.63, 3.8) is 0 Å². The van der Waals surface area contributed by atoms with Crippen LogP contribution in [0.3, 0.4) is 0 Å². The first-order chi connectivity index (χ1) is 9.19. The molecule has 1 unspecified atom stereocenters. The SMILES string of the molecule is CCC(C)NCc1nc2ccc(F)cc2n1C1CC1. The summed E-state index contributed by atoms with van der Waals surface area (Å²) in [5.74, 6) is 0.846. The van der Waals surface area contributed by atoms with Gasteiger partial charge in [0.2, 0.25) is 0 Å². The topological polar surface area (TPSA) is 29.9 Å². The molecule has 0 amide bonds. The average molecular weight is 261 g/mol. The first-order valence-electron chi connectivity index (χ1n) is 7.08. The molecule has 1 fully saturated rings. The summed E-state index contributed by atoms with van der Waals surface area (Å²) >= 11 is 0. The summed E-state index contributed by atoms with van der Waals surface area (Å²) in [6.07, 6.45) is 3.45. The van der Waals surface area contributed by atoms with Crippen LogP contribution in [0.15, 0.2) is 18.2 Å². The van der Waals surface area contributed by atoms with E-state index in [1.807, 2.05) is 0 Å². The van der Waals surface area contributed by atoms with Crippen LogP contribution >= 0.6 is 0 Å². The molecule has 0 bridgehead atoms. The van der Waals surface area contributed by atoms with Gasteiger partial charge in [0, 0.05) is 12.1 Å². The van der Waals surface area contributed by atoms with Crippen molar-refractivity contribution in [2.45, 2.75) is 51.7 Å². The van der Waals surface area contributed by atoms with Gasteiger partial charge in [-0.15, -0.1) is 0 Å². The van der Waals surface area contributed by atoms with Gasteiger partial charge >= 0.3 is 0 Å². The van der Waals surface area contributed by atoms with E-state index >= 15 is 0 Å². The minimum absolute atomic E-state index is 0.185. The molecule has 1 atom stereocenters. The maximum absolute atomic E-state index is 13.4. The molecule has 0 spiro atoms. The number of hydrogen-bond acceptors (Lipinski definition) is 2. The standard InChI is InChI=1S/C15H20FN3/c1-3-10(2)17-9-15-18-13-7-4-11(16)8-14(13)19(15)12-5-6-12/h4,7-8,10,12,17H,3,5-6,9H2,1-2H3. The van der Waals surface area contributed by atoms with Crippen LogP contribution in [0.5, 0.6) is 0 Å². The van der Waals surface area contributed by atoms with Gasteiger partial charge in [0.15, 0.2) is 0 Å². The molecule has 1 saturated carbocycles. The largest absolute Gasteiger partial charge is 0.324 e. The summed E-state index contributed by atoms with van der Waals surface area (Å²) < 4.78 is 15.6. The molecular formula is C15H20FN3. The summed E-state index contributed by atoms with van der Waals surface area (Å²) in [7, 11) is 0. The van der Waals surface area contributed by atoms with Gasteiger partial charge in [-0.25, -0.2) is 9.37 Å². The molecule has 0 radical (unpaired) electrons. The number of fused-ring (bicyclic) bond motifs is 1. The Hall–Kier alpha value is -1.42. The second-order valence-corrected chi connectivity index (χ2v) is 5.45. The molecule has 3 nitrogen and oxygen atoms in total. The van der Waals surface area contributed by atoms with Crippen LogP contribution in [0.1, 0.15) is 45.0 Å². The summed E-state index contributed by atoms with van der Waals surface area (Å²) in [5.41, 5.74) is 1.83. The second kappa shape index (κ2) is 4.93. The van der Waals surface area contributed by atoms with E-state index in [2.05, 4.69) is 28.7 Å². The third-order valence-electron chi connectivity index (χ3n) is 3.86. The van der Waals surface area contributed by atoms with Crippen LogP contribution in [0, 0.1) is 5.82 Å². The predicted octanol–water partition coefficient (Wildman–Crippen LogP) is 3.40. The summed E-state index contributed by atoms with van der Waals surface area (Å²) in [6.45, 7) is 5.09. The quantitative estimate of drug-likeness (QED) is 0.894. The Morgan fingerprint density at radius 3 is 2.95 bits per heavy atom. The molecule has 1 N–H and O–H groups in total. The van der Waals surface area contributed by atoms with Crippen molar-refractivity contribution < 1.29 is 4.39 Å². The highest BCUT2D eigenvalue weighted by atomic mass is 19.1. The summed E-state index contributed by atoms with van der Waals surface area (Å²) in [4.78, 5) is 4.66. The number of benzene rings is 1. The van der Waals surface area contributed by atoms with Crippen molar-refractivity contribution in [1.82, 2.24) is 14.9 Å². The molecule has 1 aliphatic carbocycles. The zero-order valence-corrected chi connectivity index (χ0v) is 11.5. The number of nitrogens with one attached hydrogen (secondary N) is 1. The van der Waals surface area contributed by atoms with Crippen LogP contribution < -0.4 is 5.32 Å². The van der Waals surface area contributed by atoms with Crippen molar-refractivity contribution in [2.24, 2.45) is 0 Å². The molecule has 1 aromatic heterocycles. The van der Waals surface area contributed by atoms with E-state index in [9.17, 15) is 4.39 Å². The van der Waals surface area contributed by atoms with Gasteiger partial charge in [-0.05, 0) is 44.4 Å². The Kier molecular flexibility index (Phi) is 3.27. The van der Waals surface area contributed by atoms with Crippen molar-refractivity contribution in [3.8, 4) is 0 Å².